The van der Waals surface area contributed by atoms with E-state index in [0.29, 0.717) is 12.8 Å². The molecule has 0 bridgehead atoms. The highest BCUT2D eigenvalue weighted by Gasteiger charge is 2.30. The first-order valence-corrected chi connectivity index (χ1v) is 7.20. The van der Waals surface area contributed by atoms with Crippen molar-refractivity contribution in [3.05, 3.63) is 65.5 Å². The van der Waals surface area contributed by atoms with Crippen molar-refractivity contribution < 1.29 is 20.1 Å². The molecule has 1 aromatic rings. The summed E-state index contributed by atoms with van der Waals surface area (Å²) < 4.78 is 0. The number of aliphatic hydroxyl groups excluding tert-OH is 1. The van der Waals surface area contributed by atoms with Gasteiger partial charge in [-0.05, 0) is 35.8 Å². The Bertz CT molecular complexity index is 638. The molecule has 2 rings (SSSR count). The van der Waals surface area contributed by atoms with Crippen molar-refractivity contribution in [3.8, 4) is 5.75 Å². The first-order chi connectivity index (χ1) is 10.4. The summed E-state index contributed by atoms with van der Waals surface area (Å²) in [6.07, 6.45) is 8.20. The summed E-state index contributed by atoms with van der Waals surface area (Å²) >= 11 is 0. The van der Waals surface area contributed by atoms with Crippen LogP contribution in [0.1, 0.15) is 31.7 Å². The number of benzene rings is 1. The highest BCUT2D eigenvalue weighted by atomic mass is 16.4. The van der Waals surface area contributed by atoms with Crippen molar-refractivity contribution in [1.29, 1.82) is 0 Å². The number of hydrogen-bond donors (Lipinski definition) is 3. The third kappa shape index (κ3) is 3.58. The molecule has 1 aliphatic rings. The van der Waals surface area contributed by atoms with E-state index in [0.717, 1.165) is 11.1 Å². The van der Waals surface area contributed by atoms with Crippen LogP contribution in [0, 0.1) is 0 Å². The molecule has 1 aromatic carbocycles. The van der Waals surface area contributed by atoms with Crippen molar-refractivity contribution in [2.24, 2.45) is 0 Å². The van der Waals surface area contributed by atoms with Crippen molar-refractivity contribution in [2.75, 3.05) is 0 Å². The smallest absolute Gasteiger partial charge is 0.303 e. The van der Waals surface area contributed by atoms with Gasteiger partial charge in [-0.25, -0.2) is 0 Å². The second-order valence-electron chi connectivity index (χ2n) is 5.66. The Morgan fingerprint density at radius 1 is 1.18 bits per heavy atom. The molecule has 0 fully saturated rings. The number of aromatic hydroxyl groups is 1. The molecular formula is C18H20O4. The minimum Gasteiger partial charge on any atom is -0.512 e. The quantitative estimate of drug-likeness (QED) is 0.772. The molecule has 0 spiro atoms. The number of rotatable bonds is 5. The monoisotopic (exact) mass is 300 g/mol. The van der Waals surface area contributed by atoms with Gasteiger partial charge in [-0.3, -0.25) is 4.79 Å². The Morgan fingerprint density at radius 2 is 1.86 bits per heavy atom. The van der Waals surface area contributed by atoms with Gasteiger partial charge >= 0.3 is 5.97 Å². The molecule has 22 heavy (non-hydrogen) atoms. The number of aliphatic carboxylic acids is 1. The molecule has 3 N–H and O–H groups in total. The average Bonchev–Trinajstić information content (AvgIpc) is 2.70. The highest BCUT2D eigenvalue weighted by molar-refractivity contribution is 5.67. The number of aliphatic hydroxyl groups is 1. The minimum atomic E-state index is -0.846. The molecular weight excluding hydrogens is 280 g/mol. The van der Waals surface area contributed by atoms with Crippen molar-refractivity contribution in [1.82, 2.24) is 0 Å². The highest BCUT2D eigenvalue weighted by Crippen LogP contribution is 2.38. The van der Waals surface area contributed by atoms with Gasteiger partial charge in [0.15, 0.2) is 0 Å². The number of allylic oxidation sites excluding steroid dienone is 5. The molecule has 1 atom stereocenters. The van der Waals surface area contributed by atoms with Gasteiger partial charge < -0.3 is 15.3 Å². The first-order valence-electron chi connectivity index (χ1n) is 7.20. The van der Waals surface area contributed by atoms with E-state index in [1.54, 1.807) is 30.3 Å². The molecule has 0 amide bonds. The predicted molar refractivity (Wildman–Crippen MR) is 84.9 cm³/mol. The predicted octanol–water partition coefficient (Wildman–Crippen LogP) is 3.84. The number of phenolic OH excluding ortho intramolecular Hbond substituents is 1. The normalized spacial score (nSPS) is 17.1. The summed E-state index contributed by atoms with van der Waals surface area (Å²) in [6, 6.07) is 6.81. The van der Waals surface area contributed by atoms with E-state index in [1.807, 2.05) is 25.2 Å². The Hall–Kier alpha value is -2.49. The maximum Gasteiger partial charge on any atom is 0.303 e. The number of carboxylic acid groups (broad SMARTS) is 1. The fourth-order valence-electron chi connectivity index (χ4n) is 2.63. The third-order valence-corrected chi connectivity index (χ3v) is 4.06. The molecule has 1 aliphatic carbocycles. The van der Waals surface area contributed by atoms with Crippen molar-refractivity contribution in [3.63, 3.8) is 0 Å². The van der Waals surface area contributed by atoms with Crippen LogP contribution in [0.3, 0.4) is 0 Å². The van der Waals surface area contributed by atoms with Crippen LogP contribution in [0.15, 0.2) is 59.9 Å². The summed E-state index contributed by atoms with van der Waals surface area (Å²) in [5.74, 6) is -0.397. The standard InChI is InChI=1S/C18H20O4/c1-18(12-11-17(21)22,14-6-9-16(20)10-7-14)13-3-2-4-15(19)8-5-13/h2-3,5-10,19-20H,4,11-12H2,1H3,(H,21,22). The van der Waals surface area contributed by atoms with Gasteiger partial charge in [0.2, 0.25) is 0 Å². The third-order valence-electron chi connectivity index (χ3n) is 4.06. The first kappa shape index (κ1) is 15.9. The zero-order valence-electron chi connectivity index (χ0n) is 12.5. The van der Waals surface area contributed by atoms with Gasteiger partial charge in [0.25, 0.3) is 0 Å². The number of hydrogen-bond acceptors (Lipinski definition) is 3. The number of carboxylic acids is 1. The van der Waals surface area contributed by atoms with Crippen molar-refractivity contribution in [2.45, 2.75) is 31.6 Å². The van der Waals surface area contributed by atoms with Crippen LogP contribution in [0.5, 0.6) is 5.75 Å². The van der Waals surface area contributed by atoms with E-state index in [1.165, 1.54) is 0 Å². The summed E-state index contributed by atoms with van der Waals surface area (Å²) in [6.45, 7) is 1.98. The maximum absolute atomic E-state index is 11.0. The van der Waals surface area contributed by atoms with E-state index >= 15 is 0 Å². The largest absolute Gasteiger partial charge is 0.512 e. The van der Waals surface area contributed by atoms with Crippen LogP contribution in [0.4, 0.5) is 0 Å². The van der Waals surface area contributed by atoms with Crippen molar-refractivity contribution >= 4 is 5.97 Å². The minimum absolute atomic E-state index is 0.0399. The molecule has 116 valence electrons. The summed E-state index contributed by atoms with van der Waals surface area (Å²) in [5, 5.41) is 28.1. The molecule has 0 saturated carbocycles. The Kier molecular flexibility index (Phi) is 4.71. The second kappa shape index (κ2) is 6.52. The Labute approximate surface area is 129 Å². The summed E-state index contributed by atoms with van der Waals surface area (Å²) in [4.78, 5) is 11.0. The molecule has 0 aromatic heterocycles. The SMILES string of the molecule is CC(CCC(=O)O)(C1=CC=C(O)CC=C1)c1ccc(O)cc1. The molecule has 1 unspecified atom stereocenters. The Morgan fingerprint density at radius 3 is 2.50 bits per heavy atom. The van der Waals surface area contributed by atoms with Crippen LogP contribution in [-0.2, 0) is 10.2 Å². The molecule has 0 aliphatic heterocycles. The molecule has 0 radical (unpaired) electrons. The lowest BCUT2D eigenvalue weighted by atomic mass is 9.72. The van der Waals surface area contributed by atoms with Gasteiger partial charge in [-0.15, -0.1) is 0 Å². The zero-order chi connectivity index (χ0) is 16.2. The molecule has 0 saturated heterocycles. The van der Waals surface area contributed by atoms with Gasteiger partial charge in [0.05, 0.1) is 5.76 Å². The molecule has 0 heterocycles. The van der Waals surface area contributed by atoms with E-state index in [4.69, 9.17) is 5.11 Å². The van der Waals surface area contributed by atoms with Crippen LogP contribution >= 0.6 is 0 Å². The van der Waals surface area contributed by atoms with E-state index < -0.39 is 11.4 Å². The fraction of sp³-hybridized carbons (Fsp3) is 0.278. The fourth-order valence-corrected chi connectivity index (χ4v) is 2.63. The van der Waals surface area contributed by atoms with Crippen LogP contribution in [0.25, 0.3) is 0 Å². The van der Waals surface area contributed by atoms with Crippen LogP contribution < -0.4 is 0 Å². The number of carbonyl (C=O) groups is 1. The van der Waals surface area contributed by atoms with Gasteiger partial charge in [0.1, 0.15) is 5.75 Å². The Balaban J connectivity index is 2.45. The van der Waals surface area contributed by atoms with Crippen LogP contribution in [-0.4, -0.2) is 21.3 Å². The lowest BCUT2D eigenvalue weighted by molar-refractivity contribution is -0.137. The van der Waals surface area contributed by atoms with Gasteiger partial charge in [-0.1, -0.05) is 37.3 Å². The topological polar surface area (TPSA) is 77.8 Å². The van der Waals surface area contributed by atoms with Gasteiger partial charge in [0, 0.05) is 18.3 Å². The van der Waals surface area contributed by atoms with E-state index in [-0.39, 0.29) is 17.9 Å². The molecule has 4 nitrogen and oxygen atoms in total. The summed E-state index contributed by atoms with van der Waals surface area (Å²) in [7, 11) is 0. The molecule has 4 heteroatoms. The zero-order valence-corrected chi connectivity index (χ0v) is 12.5. The summed E-state index contributed by atoms with van der Waals surface area (Å²) in [5.41, 5.74) is 1.35. The average molecular weight is 300 g/mol. The van der Waals surface area contributed by atoms with Gasteiger partial charge in [-0.2, -0.15) is 0 Å². The van der Waals surface area contributed by atoms with E-state index in [9.17, 15) is 15.0 Å². The van der Waals surface area contributed by atoms with E-state index in [2.05, 4.69) is 0 Å². The maximum atomic E-state index is 11.0. The number of phenols is 1. The second-order valence-corrected chi connectivity index (χ2v) is 5.66. The lowest BCUT2D eigenvalue weighted by Gasteiger charge is -2.31. The van der Waals surface area contributed by atoms with Crippen LogP contribution in [0.2, 0.25) is 0 Å². The lowest BCUT2D eigenvalue weighted by Crippen LogP contribution is -2.25.